The van der Waals surface area contributed by atoms with E-state index in [1.54, 1.807) is 11.7 Å². The molecule has 0 saturated carbocycles. The number of carbonyl (C=O) groups is 1. The summed E-state index contributed by atoms with van der Waals surface area (Å²) in [6.45, 7) is 6.79. The minimum absolute atomic E-state index is 0.0871. The standard InChI is InChI=1S/C14H26N4O2/c1-5-11-9-12(18(4)17-11)16-13(20)15-8-6-7-14(2,3)10-19/h9,19H,5-8,10H2,1-4H3,(H2,15,16,20). The molecule has 1 rings (SSSR count). The molecule has 6 heteroatoms. The van der Waals surface area contributed by atoms with Crippen LogP contribution in [-0.4, -0.2) is 34.1 Å². The predicted octanol–water partition coefficient (Wildman–Crippen LogP) is 1.90. The van der Waals surface area contributed by atoms with Gasteiger partial charge < -0.3 is 10.4 Å². The zero-order chi connectivity index (χ0) is 15.2. The minimum Gasteiger partial charge on any atom is -0.396 e. The maximum absolute atomic E-state index is 11.7. The SMILES string of the molecule is CCc1cc(NC(=O)NCCCC(C)(C)CO)n(C)n1. The van der Waals surface area contributed by atoms with Gasteiger partial charge >= 0.3 is 6.03 Å². The number of anilines is 1. The fraction of sp³-hybridized carbons (Fsp3) is 0.714. The quantitative estimate of drug-likeness (QED) is 0.668. The van der Waals surface area contributed by atoms with Gasteiger partial charge in [0.1, 0.15) is 5.82 Å². The third-order valence-electron chi connectivity index (χ3n) is 3.28. The summed E-state index contributed by atoms with van der Waals surface area (Å²) < 4.78 is 1.66. The third-order valence-corrected chi connectivity index (χ3v) is 3.28. The van der Waals surface area contributed by atoms with Crippen LogP contribution < -0.4 is 10.6 Å². The van der Waals surface area contributed by atoms with Crippen LogP contribution in [0.1, 0.15) is 39.3 Å². The molecule has 20 heavy (non-hydrogen) atoms. The molecule has 3 N–H and O–H groups in total. The van der Waals surface area contributed by atoms with Crippen LogP contribution in [0.4, 0.5) is 10.6 Å². The maximum Gasteiger partial charge on any atom is 0.320 e. The number of hydrogen-bond acceptors (Lipinski definition) is 3. The van der Waals surface area contributed by atoms with Gasteiger partial charge in [-0.3, -0.25) is 10.00 Å². The molecule has 0 aliphatic rings. The van der Waals surface area contributed by atoms with Crippen molar-refractivity contribution in [3.05, 3.63) is 11.8 Å². The first-order valence-corrected chi connectivity index (χ1v) is 7.06. The lowest BCUT2D eigenvalue weighted by Crippen LogP contribution is -2.31. The van der Waals surface area contributed by atoms with Gasteiger partial charge in [-0.2, -0.15) is 5.10 Å². The molecule has 0 aromatic carbocycles. The first-order valence-electron chi connectivity index (χ1n) is 7.06. The Bertz CT molecular complexity index is 440. The fourth-order valence-electron chi connectivity index (χ4n) is 1.82. The van der Waals surface area contributed by atoms with Crippen molar-refractivity contribution in [3.8, 4) is 0 Å². The number of aryl methyl sites for hydroxylation is 2. The highest BCUT2D eigenvalue weighted by Gasteiger charge is 2.15. The molecule has 0 aliphatic carbocycles. The Kier molecular flexibility index (Phi) is 6.01. The Morgan fingerprint density at radius 2 is 2.20 bits per heavy atom. The Morgan fingerprint density at radius 1 is 1.50 bits per heavy atom. The molecule has 0 fully saturated rings. The number of rotatable bonds is 7. The van der Waals surface area contributed by atoms with Gasteiger partial charge in [-0.1, -0.05) is 20.8 Å². The summed E-state index contributed by atoms with van der Waals surface area (Å²) in [5, 5.41) is 19.0. The van der Waals surface area contributed by atoms with Crippen molar-refractivity contribution in [2.75, 3.05) is 18.5 Å². The van der Waals surface area contributed by atoms with Crippen molar-refractivity contribution < 1.29 is 9.90 Å². The Morgan fingerprint density at radius 3 is 2.75 bits per heavy atom. The number of aromatic nitrogens is 2. The number of nitrogens with one attached hydrogen (secondary N) is 2. The zero-order valence-corrected chi connectivity index (χ0v) is 12.9. The molecule has 0 aliphatic heterocycles. The number of urea groups is 1. The number of hydrogen-bond donors (Lipinski definition) is 3. The molecule has 1 aromatic rings. The molecule has 0 bridgehead atoms. The molecule has 1 aromatic heterocycles. The van der Waals surface area contributed by atoms with E-state index in [1.165, 1.54) is 0 Å². The van der Waals surface area contributed by atoms with E-state index in [0.29, 0.717) is 12.4 Å². The highest BCUT2D eigenvalue weighted by molar-refractivity contribution is 5.88. The molecule has 0 spiro atoms. The number of aliphatic hydroxyl groups excluding tert-OH is 1. The Hall–Kier alpha value is -1.56. The maximum atomic E-state index is 11.7. The van der Waals surface area contributed by atoms with Crippen LogP contribution in [0.25, 0.3) is 0 Å². The summed E-state index contributed by atoms with van der Waals surface area (Å²) >= 11 is 0. The van der Waals surface area contributed by atoms with Gasteiger partial charge in [0, 0.05) is 26.3 Å². The minimum atomic E-state index is -0.225. The molecular formula is C14H26N4O2. The first kappa shape index (κ1) is 16.5. The van der Waals surface area contributed by atoms with Crippen molar-refractivity contribution >= 4 is 11.8 Å². The van der Waals surface area contributed by atoms with E-state index < -0.39 is 0 Å². The van der Waals surface area contributed by atoms with E-state index in [9.17, 15) is 4.79 Å². The molecule has 114 valence electrons. The number of amides is 2. The van der Waals surface area contributed by atoms with Crippen LogP contribution in [0.2, 0.25) is 0 Å². The molecule has 0 unspecified atom stereocenters. The number of nitrogens with zero attached hydrogens (tertiary/aromatic N) is 2. The lowest BCUT2D eigenvalue weighted by Gasteiger charge is -2.21. The Balaban J connectivity index is 2.31. The van der Waals surface area contributed by atoms with Gasteiger partial charge in [0.05, 0.1) is 5.69 Å². The van der Waals surface area contributed by atoms with Gasteiger partial charge in [-0.15, -0.1) is 0 Å². The van der Waals surface area contributed by atoms with Crippen molar-refractivity contribution in [1.82, 2.24) is 15.1 Å². The summed E-state index contributed by atoms with van der Waals surface area (Å²) in [5.41, 5.74) is 0.864. The lowest BCUT2D eigenvalue weighted by atomic mass is 9.89. The summed E-state index contributed by atoms with van der Waals surface area (Å²) in [6.07, 6.45) is 2.55. The summed E-state index contributed by atoms with van der Waals surface area (Å²) in [6, 6.07) is 1.64. The van der Waals surface area contributed by atoms with Gasteiger partial charge in [-0.25, -0.2) is 4.79 Å². The predicted molar refractivity (Wildman–Crippen MR) is 79.7 cm³/mol. The van der Waals surface area contributed by atoms with Crippen molar-refractivity contribution in [3.63, 3.8) is 0 Å². The smallest absolute Gasteiger partial charge is 0.320 e. The van der Waals surface area contributed by atoms with Gasteiger partial charge in [0.2, 0.25) is 0 Å². The van der Waals surface area contributed by atoms with E-state index in [-0.39, 0.29) is 18.1 Å². The van der Waals surface area contributed by atoms with Crippen molar-refractivity contribution in [2.24, 2.45) is 12.5 Å². The van der Waals surface area contributed by atoms with Crippen LogP contribution >= 0.6 is 0 Å². The summed E-state index contributed by atoms with van der Waals surface area (Å²) in [5.74, 6) is 0.690. The average Bonchev–Trinajstić information content (AvgIpc) is 2.75. The lowest BCUT2D eigenvalue weighted by molar-refractivity contribution is 0.148. The molecule has 2 amide bonds. The Labute approximate surface area is 120 Å². The molecule has 6 nitrogen and oxygen atoms in total. The van der Waals surface area contributed by atoms with Crippen LogP contribution in [0, 0.1) is 5.41 Å². The second kappa shape index (κ2) is 7.28. The second-order valence-corrected chi connectivity index (χ2v) is 5.80. The topological polar surface area (TPSA) is 79.2 Å². The molecule has 0 saturated heterocycles. The highest BCUT2D eigenvalue weighted by Crippen LogP contribution is 2.20. The average molecular weight is 282 g/mol. The first-order chi connectivity index (χ1) is 9.38. The van der Waals surface area contributed by atoms with Gasteiger partial charge in [0.25, 0.3) is 0 Å². The monoisotopic (exact) mass is 282 g/mol. The second-order valence-electron chi connectivity index (χ2n) is 5.80. The van der Waals surface area contributed by atoms with E-state index in [4.69, 9.17) is 5.11 Å². The normalized spacial score (nSPS) is 11.4. The molecule has 0 radical (unpaired) electrons. The van der Waals surface area contributed by atoms with E-state index in [2.05, 4.69) is 15.7 Å². The van der Waals surface area contributed by atoms with Crippen LogP contribution in [0.5, 0.6) is 0 Å². The summed E-state index contributed by atoms with van der Waals surface area (Å²) in [7, 11) is 1.80. The fourth-order valence-corrected chi connectivity index (χ4v) is 1.82. The van der Waals surface area contributed by atoms with Crippen LogP contribution in [0.15, 0.2) is 6.07 Å². The van der Waals surface area contributed by atoms with Crippen molar-refractivity contribution in [1.29, 1.82) is 0 Å². The number of carbonyl (C=O) groups excluding carboxylic acids is 1. The van der Waals surface area contributed by atoms with Gasteiger partial charge in [0.15, 0.2) is 0 Å². The molecule has 0 atom stereocenters. The number of aliphatic hydroxyl groups is 1. The van der Waals surface area contributed by atoms with Crippen LogP contribution in [-0.2, 0) is 13.5 Å². The van der Waals surface area contributed by atoms with E-state index in [0.717, 1.165) is 25.0 Å². The highest BCUT2D eigenvalue weighted by atomic mass is 16.3. The van der Waals surface area contributed by atoms with E-state index in [1.807, 2.05) is 26.8 Å². The van der Waals surface area contributed by atoms with E-state index >= 15 is 0 Å². The largest absolute Gasteiger partial charge is 0.396 e. The van der Waals surface area contributed by atoms with Crippen molar-refractivity contribution in [2.45, 2.75) is 40.0 Å². The molecule has 1 heterocycles. The third kappa shape index (κ3) is 5.21. The molecular weight excluding hydrogens is 256 g/mol. The van der Waals surface area contributed by atoms with Gasteiger partial charge in [-0.05, 0) is 24.7 Å². The van der Waals surface area contributed by atoms with Crippen LogP contribution in [0.3, 0.4) is 0 Å². The zero-order valence-electron chi connectivity index (χ0n) is 12.9. The summed E-state index contributed by atoms with van der Waals surface area (Å²) in [4.78, 5) is 11.7.